The topological polar surface area (TPSA) is 20.3 Å². The first-order valence-electron chi connectivity index (χ1n) is 5.88. The summed E-state index contributed by atoms with van der Waals surface area (Å²) in [4.78, 5) is 13.7. The van der Waals surface area contributed by atoms with Crippen molar-refractivity contribution in [2.45, 2.75) is 26.9 Å². The highest BCUT2D eigenvalue weighted by atomic mass is 19.4. The number of nitrogens with zero attached hydrogens (tertiary/aromatic N) is 1. The molecule has 0 aliphatic carbocycles. The monoisotopic (exact) mass is 273 g/mol. The zero-order valence-corrected chi connectivity index (χ0v) is 11.7. The van der Waals surface area contributed by atoms with E-state index in [1.807, 2.05) is 0 Å². The van der Waals surface area contributed by atoms with Crippen molar-refractivity contribution in [1.29, 1.82) is 0 Å². The standard InChI is InChI=1S/C14H18F3NO/c1-13(2,3)12(19)10-7-6-9(18(4)5)8-11(10)14(15,16)17/h6-8H,1-5H3. The van der Waals surface area contributed by atoms with Gasteiger partial charge in [0.25, 0.3) is 0 Å². The van der Waals surface area contributed by atoms with Crippen molar-refractivity contribution < 1.29 is 18.0 Å². The molecule has 1 aromatic carbocycles. The summed E-state index contributed by atoms with van der Waals surface area (Å²) in [5, 5.41) is 0. The minimum atomic E-state index is -4.54. The van der Waals surface area contributed by atoms with Gasteiger partial charge in [0.05, 0.1) is 5.56 Å². The summed E-state index contributed by atoms with van der Waals surface area (Å²) in [6.07, 6.45) is -4.54. The molecule has 0 amide bonds. The lowest BCUT2D eigenvalue weighted by Gasteiger charge is -2.22. The van der Waals surface area contributed by atoms with E-state index in [-0.39, 0.29) is 5.56 Å². The lowest BCUT2D eigenvalue weighted by molar-refractivity contribution is -0.137. The molecular formula is C14H18F3NO. The minimum Gasteiger partial charge on any atom is -0.378 e. The predicted molar refractivity (Wildman–Crippen MR) is 69.6 cm³/mol. The predicted octanol–water partition coefficient (Wildman–Crippen LogP) is 4.00. The minimum absolute atomic E-state index is 0.273. The summed E-state index contributed by atoms with van der Waals surface area (Å²) in [6, 6.07) is 3.79. The van der Waals surface area contributed by atoms with E-state index in [4.69, 9.17) is 0 Å². The number of carbonyl (C=O) groups excluding carboxylic acids is 1. The number of carbonyl (C=O) groups is 1. The van der Waals surface area contributed by atoms with Crippen molar-refractivity contribution in [3.63, 3.8) is 0 Å². The fourth-order valence-electron chi connectivity index (χ4n) is 1.65. The first kappa shape index (κ1) is 15.5. The number of rotatable bonds is 2. The average molecular weight is 273 g/mol. The Labute approximate surface area is 111 Å². The van der Waals surface area contributed by atoms with Gasteiger partial charge in [0.15, 0.2) is 5.78 Å². The Morgan fingerprint density at radius 2 is 1.63 bits per heavy atom. The molecule has 0 aliphatic heterocycles. The molecule has 0 bridgehead atoms. The number of halogens is 3. The van der Waals surface area contributed by atoms with Crippen LogP contribution in [0.5, 0.6) is 0 Å². The SMILES string of the molecule is CN(C)c1ccc(C(=O)C(C)(C)C)c(C(F)(F)F)c1. The summed E-state index contributed by atoms with van der Waals surface area (Å²) in [7, 11) is 3.31. The summed E-state index contributed by atoms with van der Waals surface area (Å²) in [5.41, 5.74) is -1.58. The summed E-state index contributed by atoms with van der Waals surface area (Å²) in [6.45, 7) is 4.82. The molecule has 0 saturated carbocycles. The van der Waals surface area contributed by atoms with Crippen LogP contribution in [0, 0.1) is 5.41 Å². The highest BCUT2D eigenvalue weighted by molar-refractivity contribution is 6.01. The lowest BCUT2D eigenvalue weighted by Crippen LogP contribution is -2.24. The molecule has 1 rings (SSSR count). The third-order valence-electron chi connectivity index (χ3n) is 2.75. The Balaban J connectivity index is 3.45. The van der Waals surface area contributed by atoms with Crippen molar-refractivity contribution >= 4 is 11.5 Å². The van der Waals surface area contributed by atoms with Crippen LogP contribution in [0.2, 0.25) is 0 Å². The normalized spacial score (nSPS) is 12.4. The summed E-state index contributed by atoms with van der Waals surface area (Å²) < 4.78 is 39.2. The molecule has 0 fully saturated rings. The largest absolute Gasteiger partial charge is 0.417 e. The van der Waals surface area contributed by atoms with Crippen molar-refractivity contribution in [3.05, 3.63) is 29.3 Å². The van der Waals surface area contributed by atoms with Crippen LogP contribution in [0.4, 0.5) is 18.9 Å². The van der Waals surface area contributed by atoms with Gasteiger partial charge >= 0.3 is 6.18 Å². The van der Waals surface area contributed by atoms with E-state index in [1.54, 1.807) is 39.8 Å². The van der Waals surface area contributed by atoms with Crippen molar-refractivity contribution in [2.75, 3.05) is 19.0 Å². The highest BCUT2D eigenvalue weighted by Gasteiger charge is 2.37. The molecule has 2 nitrogen and oxygen atoms in total. The maximum absolute atomic E-state index is 13.1. The van der Waals surface area contributed by atoms with E-state index in [0.717, 1.165) is 6.07 Å². The van der Waals surface area contributed by atoms with Gasteiger partial charge in [-0.25, -0.2) is 0 Å². The van der Waals surface area contributed by atoms with Crippen molar-refractivity contribution in [3.8, 4) is 0 Å². The third kappa shape index (κ3) is 3.49. The second-order valence-electron chi connectivity index (χ2n) is 5.70. The van der Waals surface area contributed by atoms with Crippen LogP contribution >= 0.6 is 0 Å². The molecule has 0 spiro atoms. The number of anilines is 1. The van der Waals surface area contributed by atoms with Gasteiger partial charge < -0.3 is 4.90 Å². The maximum atomic E-state index is 13.1. The number of hydrogen-bond donors (Lipinski definition) is 0. The Kier molecular flexibility index (Phi) is 3.98. The molecule has 0 heterocycles. The van der Waals surface area contributed by atoms with Gasteiger partial charge in [0, 0.05) is 30.8 Å². The molecule has 0 aromatic heterocycles. The maximum Gasteiger partial charge on any atom is 0.417 e. The lowest BCUT2D eigenvalue weighted by atomic mass is 9.84. The molecule has 0 saturated heterocycles. The summed E-state index contributed by atoms with van der Waals surface area (Å²) >= 11 is 0. The zero-order chi connectivity index (χ0) is 15.0. The number of hydrogen-bond acceptors (Lipinski definition) is 2. The second-order valence-corrected chi connectivity index (χ2v) is 5.70. The Morgan fingerprint density at radius 1 is 1.11 bits per heavy atom. The van der Waals surface area contributed by atoms with Crippen LogP contribution in [0.15, 0.2) is 18.2 Å². The molecule has 106 valence electrons. The number of Topliss-reactive ketones (excluding diaryl/α,β-unsaturated/α-hetero) is 1. The first-order valence-corrected chi connectivity index (χ1v) is 5.88. The van der Waals surface area contributed by atoms with Gasteiger partial charge in [-0.3, -0.25) is 4.79 Å². The van der Waals surface area contributed by atoms with E-state index < -0.39 is 22.9 Å². The fourth-order valence-corrected chi connectivity index (χ4v) is 1.65. The summed E-state index contributed by atoms with van der Waals surface area (Å²) in [5.74, 6) is -0.509. The van der Waals surface area contributed by atoms with Gasteiger partial charge in [-0.1, -0.05) is 20.8 Å². The van der Waals surface area contributed by atoms with Gasteiger partial charge in [0.2, 0.25) is 0 Å². The zero-order valence-electron chi connectivity index (χ0n) is 11.7. The van der Waals surface area contributed by atoms with E-state index >= 15 is 0 Å². The molecule has 5 heteroatoms. The molecule has 0 atom stereocenters. The number of alkyl halides is 3. The fraction of sp³-hybridized carbons (Fsp3) is 0.500. The van der Waals surface area contributed by atoms with Crippen LogP contribution in [0.25, 0.3) is 0 Å². The average Bonchev–Trinajstić information content (AvgIpc) is 2.24. The van der Waals surface area contributed by atoms with Gasteiger partial charge in [0.1, 0.15) is 0 Å². The molecule has 1 aromatic rings. The van der Waals surface area contributed by atoms with Crippen LogP contribution in [0.1, 0.15) is 36.7 Å². The van der Waals surface area contributed by atoms with Gasteiger partial charge in [-0.05, 0) is 18.2 Å². The Bertz CT molecular complexity index is 484. The molecular weight excluding hydrogens is 255 g/mol. The van der Waals surface area contributed by atoms with Gasteiger partial charge in [-0.2, -0.15) is 13.2 Å². The van der Waals surface area contributed by atoms with Crippen LogP contribution in [-0.2, 0) is 6.18 Å². The van der Waals surface area contributed by atoms with Crippen molar-refractivity contribution in [1.82, 2.24) is 0 Å². The second kappa shape index (κ2) is 4.87. The first-order chi connectivity index (χ1) is 8.44. The smallest absolute Gasteiger partial charge is 0.378 e. The van der Waals surface area contributed by atoms with E-state index in [2.05, 4.69) is 0 Å². The van der Waals surface area contributed by atoms with E-state index in [1.165, 1.54) is 12.1 Å². The van der Waals surface area contributed by atoms with Crippen molar-refractivity contribution in [2.24, 2.45) is 5.41 Å². The Hall–Kier alpha value is -1.52. The third-order valence-corrected chi connectivity index (χ3v) is 2.75. The Morgan fingerprint density at radius 3 is 2.00 bits per heavy atom. The molecule has 0 aliphatic rings. The highest BCUT2D eigenvalue weighted by Crippen LogP contribution is 2.36. The van der Waals surface area contributed by atoms with E-state index in [0.29, 0.717) is 5.69 Å². The molecule has 0 radical (unpaired) electrons. The van der Waals surface area contributed by atoms with E-state index in [9.17, 15) is 18.0 Å². The van der Waals surface area contributed by atoms with Gasteiger partial charge in [-0.15, -0.1) is 0 Å². The van der Waals surface area contributed by atoms with Crippen LogP contribution in [0.3, 0.4) is 0 Å². The molecule has 0 N–H and O–H groups in total. The molecule has 0 unspecified atom stereocenters. The van der Waals surface area contributed by atoms with Crippen LogP contribution in [-0.4, -0.2) is 19.9 Å². The molecule has 19 heavy (non-hydrogen) atoms. The quantitative estimate of drug-likeness (QED) is 0.759. The number of benzene rings is 1. The van der Waals surface area contributed by atoms with Crippen LogP contribution < -0.4 is 4.90 Å². The number of ketones is 1.